The molecule has 2 heterocycles. The average Bonchev–Trinajstić information content (AvgIpc) is 3.36. The number of piperidine rings is 1. The Morgan fingerprint density at radius 2 is 1.86 bits per heavy atom. The molecule has 0 bridgehead atoms. The maximum Gasteiger partial charge on any atom is 0.263 e. The van der Waals surface area contributed by atoms with Crippen LogP contribution >= 0.6 is 22.9 Å². The van der Waals surface area contributed by atoms with Gasteiger partial charge < -0.3 is 10.0 Å². The van der Waals surface area contributed by atoms with E-state index in [-0.39, 0.29) is 29.3 Å². The maximum atomic E-state index is 13.2. The number of aromatic nitrogens is 1. The highest BCUT2D eigenvalue weighted by molar-refractivity contribution is 7.93. The van der Waals surface area contributed by atoms with Crippen molar-refractivity contribution in [1.82, 2.24) is 9.88 Å². The summed E-state index contributed by atoms with van der Waals surface area (Å²) in [6.07, 6.45) is 2.88. The van der Waals surface area contributed by atoms with Gasteiger partial charge in [-0.3, -0.25) is 14.9 Å². The standard InChI is InChI=1S/C25H25ClN4O4S2.H2/c1-16(31)22(23(27)20-4-2-3-5-21(20)26)24(32)30-13-10-18(11-14-30)17-6-8-19(9-7-17)36(33,34)29-25-28-12-15-35-25;/h2-9,12,15,18,27,31H,10-11,13-14H2,1H3,(H,28,29);1H/b22-16+,27-23?;. The van der Waals surface area contributed by atoms with Gasteiger partial charge in [0.25, 0.3) is 15.9 Å². The van der Waals surface area contributed by atoms with Crippen molar-refractivity contribution in [1.29, 1.82) is 5.41 Å². The van der Waals surface area contributed by atoms with E-state index < -0.39 is 15.9 Å². The van der Waals surface area contributed by atoms with Crippen molar-refractivity contribution in [3.63, 3.8) is 0 Å². The largest absolute Gasteiger partial charge is 0.512 e. The number of nitrogens with zero attached hydrogens (tertiary/aromatic N) is 2. The summed E-state index contributed by atoms with van der Waals surface area (Å²) >= 11 is 7.41. The molecule has 1 aliphatic rings. The highest BCUT2D eigenvalue weighted by atomic mass is 35.5. The van der Waals surface area contributed by atoms with Gasteiger partial charge in [-0.05, 0) is 49.4 Å². The summed E-state index contributed by atoms with van der Waals surface area (Å²) in [5.41, 5.74) is 1.19. The quantitative estimate of drug-likeness (QED) is 0.206. The number of likely N-dealkylation sites (tertiary alicyclic amines) is 1. The summed E-state index contributed by atoms with van der Waals surface area (Å²) in [6, 6.07) is 13.5. The van der Waals surface area contributed by atoms with E-state index in [1.54, 1.807) is 58.8 Å². The number of aliphatic hydroxyl groups excluding tert-OH is 1. The predicted octanol–water partition coefficient (Wildman–Crippen LogP) is 5.45. The van der Waals surface area contributed by atoms with Crippen LogP contribution in [-0.4, -0.2) is 48.1 Å². The molecule has 1 aromatic heterocycles. The van der Waals surface area contributed by atoms with Crippen molar-refractivity contribution in [2.24, 2.45) is 0 Å². The normalized spacial score (nSPS) is 15.3. The lowest BCUT2D eigenvalue weighted by Gasteiger charge is -2.33. The minimum absolute atomic E-state index is 0. The molecule has 3 N–H and O–H groups in total. The molecule has 3 aromatic rings. The number of sulfonamides is 1. The van der Waals surface area contributed by atoms with Crippen LogP contribution in [0.1, 0.15) is 38.2 Å². The highest BCUT2D eigenvalue weighted by Crippen LogP contribution is 2.30. The summed E-state index contributed by atoms with van der Waals surface area (Å²) in [5.74, 6) is -0.480. The first-order valence-corrected chi connectivity index (χ1v) is 14.0. The third-order valence-electron chi connectivity index (χ3n) is 6.07. The molecule has 0 saturated carbocycles. The second kappa shape index (κ2) is 10.8. The number of allylic oxidation sites excluding steroid dienone is 1. The predicted molar refractivity (Wildman–Crippen MR) is 144 cm³/mol. The average molecular weight is 547 g/mol. The van der Waals surface area contributed by atoms with Gasteiger partial charge in [-0.15, -0.1) is 11.3 Å². The van der Waals surface area contributed by atoms with Crippen molar-refractivity contribution in [3.05, 3.63) is 87.6 Å². The van der Waals surface area contributed by atoms with Gasteiger partial charge in [-0.2, -0.15) is 0 Å². The molecule has 1 fully saturated rings. The number of hydrogen-bond acceptors (Lipinski definition) is 7. The number of nitrogens with one attached hydrogen (secondary N) is 2. The van der Waals surface area contributed by atoms with Gasteiger partial charge in [-0.1, -0.05) is 41.9 Å². The molecular weight excluding hydrogens is 520 g/mol. The number of halogens is 1. The Labute approximate surface area is 220 Å². The lowest BCUT2D eigenvalue weighted by Crippen LogP contribution is -2.40. The Balaban J connectivity index is 0.00000380. The number of carbonyl (C=O) groups is 1. The number of carbonyl (C=O) groups excluding carboxylic acids is 1. The molecule has 190 valence electrons. The monoisotopic (exact) mass is 546 g/mol. The number of anilines is 1. The lowest BCUT2D eigenvalue weighted by molar-refractivity contribution is -0.127. The van der Waals surface area contributed by atoms with Crippen LogP contribution in [0.2, 0.25) is 5.02 Å². The van der Waals surface area contributed by atoms with E-state index in [1.165, 1.54) is 24.5 Å². The number of aliphatic hydroxyl groups is 1. The summed E-state index contributed by atoms with van der Waals surface area (Å²) in [5, 5.41) is 21.1. The van der Waals surface area contributed by atoms with E-state index in [0.29, 0.717) is 41.6 Å². The van der Waals surface area contributed by atoms with E-state index in [0.717, 1.165) is 5.56 Å². The molecular formula is C25H27ClN4O4S2. The van der Waals surface area contributed by atoms with Crippen molar-refractivity contribution in [2.45, 2.75) is 30.6 Å². The second-order valence-electron chi connectivity index (χ2n) is 8.39. The summed E-state index contributed by atoms with van der Waals surface area (Å²) < 4.78 is 27.6. The van der Waals surface area contributed by atoms with E-state index in [1.807, 2.05) is 0 Å². The van der Waals surface area contributed by atoms with Gasteiger partial charge in [0.2, 0.25) is 0 Å². The molecule has 36 heavy (non-hydrogen) atoms. The number of amides is 1. The lowest BCUT2D eigenvalue weighted by atomic mass is 9.89. The number of rotatable bonds is 7. The Morgan fingerprint density at radius 3 is 2.44 bits per heavy atom. The summed E-state index contributed by atoms with van der Waals surface area (Å²) in [7, 11) is -3.72. The van der Waals surface area contributed by atoms with Crippen LogP contribution in [-0.2, 0) is 14.8 Å². The van der Waals surface area contributed by atoms with Crippen molar-refractivity contribution >= 4 is 49.7 Å². The first-order chi connectivity index (χ1) is 17.2. The van der Waals surface area contributed by atoms with Crippen molar-refractivity contribution in [2.75, 3.05) is 17.8 Å². The molecule has 0 spiro atoms. The van der Waals surface area contributed by atoms with Crippen LogP contribution in [0, 0.1) is 5.41 Å². The molecule has 0 unspecified atom stereocenters. The van der Waals surface area contributed by atoms with Gasteiger partial charge >= 0.3 is 0 Å². The highest BCUT2D eigenvalue weighted by Gasteiger charge is 2.30. The molecule has 11 heteroatoms. The van der Waals surface area contributed by atoms with Crippen molar-refractivity contribution < 1.29 is 19.7 Å². The Hall–Kier alpha value is -3.21. The van der Waals surface area contributed by atoms with Crippen LogP contribution in [0.5, 0.6) is 0 Å². The van der Waals surface area contributed by atoms with Gasteiger partial charge in [0.05, 0.1) is 10.6 Å². The third kappa shape index (κ3) is 5.61. The van der Waals surface area contributed by atoms with Gasteiger partial charge in [-0.25, -0.2) is 13.4 Å². The Morgan fingerprint density at radius 1 is 1.19 bits per heavy atom. The summed E-state index contributed by atoms with van der Waals surface area (Å²) in [6.45, 7) is 2.29. The van der Waals surface area contributed by atoms with Gasteiger partial charge in [0.15, 0.2) is 5.13 Å². The zero-order valence-electron chi connectivity index (χ0n) is 19.4. The Bertz CT molecular complexity index is 1400. The van der Waals surface area contributed by atoms with Crippen LogP contribution in [0.3, 0.4) is 0 Å². The van der Waals surface area contributed by atoms with Crippen LogP contribution in [0.15, 0.2) is 76.3 Å². The topological polar surface area (TPSA) is 123 Å². The maximum absolute atomic E-state index is 13.2. The SMILES string of the molecule is C/C(O)=C(/C(=N)c1ccccc1Cl)C(=O)N1CCC(c2ccc(S(=O)(=O)Nc3nccs3)cc2)CC1.[HH]. The molecule has 4 rings (SSSR count). The fourth-order valence-electron chi connectivity index (χ4n) is 4.18. The van der Waals surface area contributed by atoms with Crippen LogP contribution in [0.4, 0.5) is 5.13 Å². The van der Waals surface area contributed by atoms with Gasteiger partial charge in [0, 0.05) is 36.7 Å². The second-order valence-corrected chi connectivity index (χ2v) is 11.4. The third-order valence-corrected chi connectivity index (χ3v) is 8.57. The Kier molecular flexibility index (Phi) is 7.77. The molecule has 2 aromatic carbocycles. The zero-order chi connectivity index (χ0) is 25.9. The fourth-order valence-corrected chi connectivity index (χ4v) is 6.20. The minimum Gasteiger partial charge on any atom is -0.512 e. The molecule has 1 saturated heterocycles. The number of thiazole rings is 1. The minimum atomic E-state index is -3.72. The molecule has 0 aliphatic carbocycles. The molecule has 8 nitrogen and oxygen atoms in total. The summed E-state index contributed by atoms with van der Waals surface area (Å²) in [4.78, 5) is 19.0. The fraction of sp³-hybridized carbons (Fsp3) is 0.240. The molecule has 0 atom stereocenters. The van der Waals surface area contributed by atoms with E-state index in [2.05, 4.69) is 9.71 Å². The van der Waals surface area contributed by atoms with Crippen molar-refractivity contribution in [3.8, 4) is 0 Å². The van der Waals surface area contributed by atoms with Crippen LogP contribution in [0.25, 0.3) is 0 Å². The van der Waals surface area contributed by atoms with E-state index in [4.69, 9.17) is 17.0 Å². The zero-order valence-corrected chi connectivity index (χ0v) is 21.8. The van der Waals surface area contributed by atoms with E-state index >= 15 is 0 Å². The van der Waals surface area contributed by atoms with E-state index in [9.17, 15) is 18.3 Å². The molecule has 0 radical (unpaired) electrons. The van der Waals surface area contributed by atoms with Gasteiger partial charge in [0.1, 0.15) is 11.3 Å². The number of hydrogen-bond donors (Lipinski definition) is 3. The smallest absolute Gasteiger partial charge is 0.263 e. The molecule has 1 amide bonds. The van der Waals surface area contributed by atoms with Crippen LogP contribution < -0.4 is 4.72 Å². The first-order valence-electron chi connectivity index (χ1n) is 11.2. The molecule has 1 aliphatic heterocycles. The first kappa shape index (κ1) is 25.9. The number of benzene rings is 2.